The van der Waals surface area contributed by atoms with Gasteiger partial charge in [0, 0.05) is 11.4 Å². The van der Waals surface area contributed by atoms with Gasteiger partial charge >= 0.3 is 11.8 Å². The van der Waals surface area contributed by atoms with Gasteiger partial charge in [-0.05, 0) is 50.8 Å². The van der Waals surface area contributed by atoms with Crippen LogP contribution in [0.1, 0.15) is 44.2 Å². The van der Waals surface area contributed by atoms with Crippen LogP contribution < -0.4 is 10.7 Å². The maximum absolute atomic E-state index is 11.8. The fourth-order valence-corrected chi connectivity index (χ4v) is 1.74. The second-order valence-electron chi connectivity index (χ2n) is 5.16. The molecule has 0 saturated heterocycles. The van der Waals surface area contributed by atoms with E-state index in [1.807, 2.05) is 39.0 Å². The molecule has 0 aliphatic carbocycles. The van der Waals surface area contributed by atoms with Crippen molar-refractivity contribution in [2.75, 3.05) is 5.32 Å². The molecule has 0 aliphatic heterocycles. The molecule has 0 aliphatic rings. The monoisotopic (exact) mass is 289 g/mol. The SMILES string of the molecule is CCCC/C(C)=N\NC(=O)C(=O)Nc1cc(C)ccc1C. The number of unbranched alkanes of at least 4 members (excludes halogenated alkanes) is 1. The van der Waals surface area contributed by atoms with Crippen LogP contribution in [0.3, 0.4) is 0 Å². The topological polar surface area (TPSA) is 70.6 Å². The molecule has 5 nitrogen and oxygen atoms in total. The van der Waals surface area contributed by atoms with E-state index < -0.39 is 11.8 Å². The molecule has 0 bridgehead atoms. The summed E-state index contributed by atoms with van der Waals surface area (Å²) in [6, 6.07) is 5.68. The highest BCUT2D eigenvalue weighted by atomic mass is 16.2. The van der Waals surface area contributed by atoms with Gasteiger partial charge in [-0.3, -0.25) is 9.59 Å². The van der Waals surface area contributed by atoms with Crippen LogP contribution in [0.2, 0.25) is 0 Å². The summed E-state index contributed by atoms with van der Waals surface area (Å²) in [5.74, 6) is -1.47. The Balaban J connectivity index is 2.59. The molecule has 0 spiro atoms. The molecule has 21 heavy (non-hydrogen) atoms. The Bertz CT molecular complexity index is 550. The third kappa shape index (κ3) is 5.77. The summed E-state index contributed by atoms with van der Waals surface area (Å²) < 4.78 is 0. The third-order valence-electron chi connectivity index (χ3n) is 3.09. The molecule has 0 aromatic heterocycles. The summed E-state index contributed by atoms with van der Waals surface area (Å²) in [6.45, 7) is 7.72. The minimum atomic E-state index is -0.758. The second kappa shape index (κ2) is 8.19. The first kappa shape index (κ1) is 16.9. The molecule has 0 atom stereocenters. The van der Waals surface area contributed by atoms with Crippen LogP contribution in [-0.4, -0.2) is 17.5 Å². The molecule has 0 heterocycles. The van der Waals surface area contributed by atoms with Crippen molar-refractivity contribution in [1.82, 2.24) is 5.43 Å². The molecule has 0 radical (unpaired) electrons. The Labute approximate surface area is 125 Å². The molecule has 0 unspecified atom stereocenters. The first-order valence-electron chi connectivity index (χ1n) is 7.15. The number of carbonyl (C=O) groups excluding carboxylic acids is 2. The minimum Gasteiger partial charge on any atom is -0.317 e. The number of aryl methyl sites for hydroxylation is 2. The average molecular weight is 289 g/mol. The number of hydrogen-bond donors (Lipinski definition) is 2. The largest absolute Gasteiger partial charge is 0.329 e. The first-order chi connectivity index (χ1) is 9.93. The maximum atomic E-state index is 11.8. The van der Waals surface area contributed by atoms with Gasteiger partial charge in [0.1, 0.15) is 0 Å². The van der Waals surface area contributed by atoms with Crippen LogP contribution in [0.4, 0.5) is 5.69 Å². The highest BCUT2D eigenvalue weighted by Crippen LogP contribution is 2.16. The van der Waals surface area contributed by atoms with Crippen LogP contribution in [0, 0.1) is 13.8 Å². The molecule has 1 rings (SSSR count). The normalized spacial score (nSPS) is 11.1. The number of nitrogens with one attached hydrogen (secondary N) is 2. The van der Waals surface area contributed by atoms with Gasteiger partial charge in [-0.2, -0.15) is 5.10 Å². The Morgan fingerprint density at radius 3 is 2.57 bits per heavy atom. The standard InChI is InChI=1S/C16H23N3O2/c1-5-6-7-13(4)18-19-16(21)15(20)17-14-10-11(2)8-9-12(14)3/h8-10H,5-7H2,1-4H3,(H,17,20)(H,19,21)/b18-13-. The third-order valence-corrected chi connectivity index (χ3v) is 3.09. The number of benzene rings is 1. The zero-order chi connectivity index (χ0) is 15.8. The molecule has 5 heteroatoms. The van der Waals surface area contributed by atoms with E-state index in [2.05, 4.69) is 22.8 Å². The quantitative estimate of drug-likeness (QED) is 0.497. The molecule has 2 amide bonds. The predicted octanol–water partition coefficient (Wildman–Crippen LogP) is 2.92. The van der Waals surface area contributed by atoms with E-state index in [4.69, 9.17) is 0 Å². The molecule has 1 aromatic rings. The smallest absolute Gasteiger partial charge is 0.317 e. The van der Waals surface area contributed by atoms with E-state index in [0.717, 1.165) is 36.1 Å². The Morgan fingerprint density at radius 1 is 1.19 bits per heavy atom. The number of anilines is 1. The molecule has 0 saturated carbocycles. The van der Waals surface area contributed by atoms with Gasteiger partial charge in [0.05, 0.1) is 0 Å². The maximum Gasteiger partial charge on any atom is 0.329 e. The molecular formula is C16H23N3O2. The van der Waals surface area contributed by atoms with Crippen LogP contribution in [0.5, 0.6) is 0 Å². The van der Waals surface area contributed by atoms with Gasteiger partial charge in [0.15, 0.2) is 0 Å². The minimum absolute atomic E-state index is 0.641. The van der Waals surface area contributed by atoms with E-state index >= 15 is 0 Å². The second-order valence-corrected chi connectivity index (χ2v) is 5.16. The predicted molar refractivity (Wildman–Crippen MR) is 85.3 cm³/mol. The number of hydrogen-bond acceptors (Lipinski definition) is 3. The molecule has 0 fully saturated rings. The average Bonchev–Trinajstić information content (AvgIpc) is 2.46. The Hall–Kier alpha value is -2.17. The lowest BCUT2D eigenvalue weighted by Crippen LogP contribution is -2.33. The van der Waals surface area contributed by atoms with Gasteiger partial charge in [0.25, 0.3) is 0 Å². The van der Waals surface area contributed by atoms with Crippen molar-refractivity contribution in [3.05, 3.63) is 29.3 Å². The van der Waals surface area contributed by atoms with Crippen LogP contribution in [-0.2, 0) is 9.59 Å². The summed E-state index contributed by atoms with van der Waals surface area (Å²) in [6.07, 6.45) is 2.89. The Morgan fingerprint density at radius 2 is 1.90 bits per heavy atom. The van der Waals surface area contributed by atoms with Crippen molar-refractivity contribution in [2.24, 2.45) is 5.10 Å². The summed E-state index contributed by atoms with van der Waals surface area (Å²) in [4.78, 5) is 23.5. The number of amides is 2. The highest BCUT2D eigenvalue weighted by Gasteiger charge is 2.14. The van der Waals surface area contributed by atoms with Crippen molar-refractivity contribution in [2.45, 2.75) is 47.0 Å². The molecule has 2 N–H and O–H groups in total. The van der Waals surface area contributed by atoms with Gasteiger partial charge in [-0.25, -0.2) is 5.43 Å². The van der Waals surface area contributed by atoms with Crippen molar-refractivity contribution < 1.29 is 9.59 Å². The van der Waals surface area contributed by atoms with E-state index in [0.29, 0.717) is 5.69 Å². The highest BCUT2D eigenvalue weighted by molar-refractivity contribution is 6.39. The van der Waals surface area contributed by atoms with Crippen LogP contribution in [0.25, 0.3) is 0 Å². The Kier molecular flexibility index (Phi) is 6.59. The fourth-order valence-electron chi connectivity index (χ4n) is 1.74. The summed E-state index contributed by atoms with van der Waals surface area (Å²) >= 11 is 0. The molecular weight excluding hydrogens is 266 g/mol. The van der Waals surface area contributed by atoms with Gasteiger partial charge in [0.2, 0.25) is 0 Å². The molecule has 114 valence electrons. The van der Waals surface area contributed by atoms with E-state index in [-0.39, 0.29) is 0 Å². The number of hydrazone groups is 1. The van der Waals surface area contributed by atoms with Crippen LogP contribution >= 0.6 is 0 Å². The lowest BCUT2D eigenvalue weighted by molar-refractivity contribution is -0.136. The number of nitrogens with zero attached hydrogens (tertiary/aromatic N) is 1. The van der Waals surface area contributed by atoms with Crippen molar-refractivity contribution >= 4 is 23.2 Å². The van der Waals surface area contributed by atoms with Gasteiger partial charge in [-0.1, -0.05) is 25.5 Å². The van der Waals surface area contributed by atoms with E-state index in [1.54, 1.807) is 0 Å². The van der Waals surface area contributed by atoms with Crippen molar-refractivity contribution in [3.8, 4) is 0 Å². The lowest BCUT2D eigenvalue weighted by atomic mass is 10.1. The van der Waals surface area contributed by atoms with Crippen LogP contribution in [0.15, 0.2) is 23.3 Å². The number of rotatable bonds is 5. The first-order valence-corrected chi connectivity index (χ1v) is 7.15. The van der Waals surface area contributed by atoms with Crippen molar-refractivity contribution in [3.63, 3.8) is 0 Å². The molecule has 1 aromatic carbocycles. The lowest BCUT2D eigenvalue weighted by Gasteiger charge is -2.08. The summed E-state index contributed by atoms with van der Waals surface area (Å²) in [7, 11) is 0. The fraction of sp³-hybridized carbons (Fsp3) is 0.438. The van der Waals surface area contributed by atoms with Gasteiger partial charge in [-0.15, -0.1) is 0 Å². The van der Waals surface area contributed by atoms with Crippen molar-refractivity contribution in [1.29, 1.82) is 0 Å². The van der Waals surface area contributed by atoms with Gasteiger partial charge < -0.3 is 5.32 Å². The summed E-state index contributed by atoms with van der Waals surface area (Å²) in [5, 5.41) is 6.52. The zero-order valence-corrected chi connectivity index (χ0v) is 13.1. The summed E-state index contributed by atoms with van der Waals surface area (Å²) in [5.41, 5.74) is 5.66. The zero-order valence-electron chi connectivity index (χ0n) is 13.1. The number of carbonyl (C=O) groups is 2. The van der Waals surface area contributed by atoms with E-state index in [1.165, 1.54) is 0 Å². The van der Waals surface area contributed by atoms with E-state index in [9.17, 15) is 9.59 Å².